The van der Waals surface area contributed by atoms with Gasteiger partial charge in [0.1, 0.15) is 12.2 Å². The summed E-state index contributed by atoms with van der Waals surface area (Å²) in [5, 5.41) is 0.435. The van der Waals surface area contributed by atoms with Crippen molar-refractivity contribution >= 4 is 22.6 Å². The highest BCUT2D eigenvalue weighted by molar-refractivity contribution is 6.10. The summed E-state index contributed by atoms with van der Waals surface area (Å²) >= 11 is 0. The minimum absolute atomic E-state index is 0.0580. The van der Waals surface area contributed by atoms with Crippen molar-refractivity contribution in [3.8, 4) is 11.5 Å². The molecule has 0 spiro atoms. The molecular formula is C32H25NO5. The number of anilines is 1. The van der Waals surface area contributed by atoms with Crippen LogP contribution in [0.25, 0.3) is 11.0 Å². The standard InChI is InChI=1S/C32H25NO5/c1-20-12-15-23(16-13-20)33-29(28-30(34)24-10-6-7-11-25(24)38-31(28)32(33)35)22-14-17-26(27(18-22)36-2)37-19-21-8-4-3-5-9-21/h3-18,29H,19H2,1-2H3. The van der Waals surface area contributed by atoms with Crippen LogP contribution in [0.2, 0.25) is 0 Å². The maximum absolute atomic E-state index is 13.8. The molecule has 0 N–H and O–H groups in total. The fraction of sp³-hybridized carbons (Fsp3) is 0.125. The number of rotatable bonds is 6. The zero-order chi connectivity index (χ0) is 26.2. The monoisotopic (exact) mass is 503 g/mol. The van der Waals surface area contributed by atoms with Gasteiger partial charge in [-0.1, -0.05) is 66.2 Å². The van der Waals surface area contributed by atoms with Gasteiger partial charge in [0.25, 0.3) is 5.91 Å². The molecule has 38 heavy (non-hydrogen) atoms. The summed E-state index contributed by atoms with van der Waals surface area (Å²) in [5.41, 5.74) is 3.96. The molecule has 6 rings (SSSR count). The number of benzene rings is 4. The molecule has 0 radical (unpaired) electrons. The maximum atomic E-state index is 13.8. The first-order valence-corrected chi connectivity index (χ1v) is 12.4. The number of hydrogen-bond donors (Lipinski definition) is 0. The van der Waals surface area contributed by atoms with Gasteiger partial charge in [-0.25, -0.2) is 0 Å². The molecule has 1 atom stereocenters. The molecule has 5 aromatic rings. The zero-order valence-electron chi connectivity index (χ0n) is 21.0. The van der Waals surface area contributed by atoms with Crippen LogP contribution in [-0.2, 0) is 6.61 Å². The van der Waals surface area contributed by atoms with Crippen LogP contribution >= 0.6 is 0 Å². The molecule has 188 valence electrons. The van der Waals surface area contributed by atoms with Crippen molar-refractivity contribution in [1.82, 2.24) is 0 Å². The largest absolute Gasteiger partial charge is 0.493 e. The number of fused-ring (bicyclic) bond motifs is 2. The maximum Gasteiger partial charge on any atom is 0.295 e. The lowest BCUT2D eigenvalue weighted by Crippen LogP contribution is -2.29. The molecule has 2 heterocycles. The highest BCUT2D eigenvalue weighted by Gasteiger charge is 2.43. The van der Waals surface area contributed by atoms with Gasteiger partial charge in [0.05, 0.1) is 24.1 Å². The van der Waals surface area contributed by atoms with E-state index in [2.05, 4.69) is 0 Å². The van der Waals surface area contributed by atoms with E-state index in [1.54, 1.807) is 36.3 Å². The molecule has 1 aromatic heterocycles. The third-order valence-corrected chi connectivity index (χ3v) is 6.83. The molecular weight excluding hydrogens is 478 g/mol. The van der Waals surface area contributed by atoms with E-state index in [-0.39, 0.29) is 17.1 Å². The van der Waals surface area contributed by atoms with Crippen LogP contribution in [0.4, 0.5) is 5.69 Å². The number of amides is 1. The summed E-state index contributed by atoms with van der Waals surface area (Å²) in [6.07, 6.45) is 0. The number of hydrogen-bond acceptors (Lipinski definition) is 5. The lowest BCUT2D eigenvalue weighted by molar-refractivity contribution is 0.0971. The molecule has 0 bridgehead atoms. The van der Waals surface area contributed by atoms with Gasteiger partial charge in [0.2, 0.25) is 5.76 Å². The summed E-state index contributed by atoms with van der Waals surface area (Å²) in [5.74, 6) is 0.771. The molecule has 0 saturated carbocycles. The Balaban J connectivity index is 1.48. The number of ether oxygens (including phenoxy) is 2. The van der Waals surface area contributed by atoms with Crippen LogP contribution in [0.5, 0.6) is 11.5 Å². The fourth-order valence-electron chi connectivity index (χ4n) is 4.92. The topological polar surface area (TPSA) is 69.0 Å². The molecule has 1 amide bonds. The Hall–Kier alpha value is -4.84. The number of carbonyl (C=O) groups is 1. The van der Waals surface area contributed by atoms with Crippen molar-refractivity contribution in [2.45, 2.75) is 19.6 Å². The van der Waals surface area contributed by atoms with Crippen LogP contribution in [-0.4, -0.2) is 13.0 Å². The average Bonchev–Trinajstić information content (AvgIpc) is 3.25. The summed E-state index contributed by atoms with van der Waals surface area (Å²) < 4.78 is 17.8. The van der Waals surface area contributed by atoms with E-state index < -0.39 is 6.04 Å². The van der Waals surface area contributed by atoms with Gasteiger partial charge in [-0.15, -0.1) is 0 Å². The first-order valence-electron chi connectivity index (χ1n) is 12.4. The van der Waals surface area contributed by atoms with Crippen molar-refractivity contribution in [2.75, 3.05) is 12.0 Å². The van der Waals surface area contributed by atoms with Crippen LogP contribution in [0.15, 0.2) is 106 Å². The van der Waals surface area contributed by atoms with Gasteiger partial charge in [-0.2, -0.15) is 0 Å². The van der Waals surface area contributed by atoms with Crippen molar-refractivity contribution in [2.24, 2.45) is 0 Å². The first-order chi connectivity index (χ1) is 18.5. The van der Waals surface area contributed by atoms with Gasteiger partial charge in [0.15, 0.2) is 16.9 Å². The average molecular weight is 504 g/mol. The number of carbonyl (C=O) groups excluding carboxylic acids is 1. The predicted octanol–water partition coefficient (Wildman–Crippen LogP) is 6.44. The zero-order valence-corrected chi connectivity index (χ0v) is 21.0. The molecule has 6 heteroatoms. The first kappa shape index (κ1) is 23.6. The lowest BCUT2D eigenvalue weighted by atomic mass is 9.97. The number of methoxy groups -OCH3 is 1. The van der Waals surface area contributed by atoms with E-state index in [1.807, 2.05) is 79.7 Å². The van der Waals surface area contributed by atoms with Crippen LogP contribution in [0.1, 0.15) is 38.9 Å². The molecule has 1 unspecified atom stereocenters. The SMILES string of the molecule is COc1cc(C2c3c(oc4ccccc4c3=O)C(=O)N2c2ccc(C)cc2)ccc1OCc1ccccc1. The Bertz CT molecular complexity index is 1710. The lowest BCUT2D eigenvalue weighted by Gasteiger charge is -2.26. The third kappa shape index (κ3) is 4.00. The van der Waals surface area contributed by atoms with Gasteiger partial charge in [-0.3, -0.25) is 14.5 Å². The van der Waals surface area contributed by atoms with Crippen molar-refractivity contribution in [1.29, 1.82) is 0 Å². The Labute approximate surface area is 219 Å². The summed E-state index contributed by atoms with van der Waals surface area (Å²) in [6, 6.07) is 29.3. The predicted molar refractivity (Wildman–Crippen MR) is 146 cm³/mol. The van der Waals surface area contributed by atoms with Crippen molar-refractivity contribution in [3.05, 3.63) is 135 Å². The van der Waals surface area contributed by atoms with Crippen LogP contribution in [0.3, 0.4) is 0 Å². The molecule has 0 fully saturated rings. The minimum atomic E-state index is -0.696. The second-order valence-electron chi connectivity index (χ2n) is 9.27. The number of nitrogens with zero attached hydrogens (tertiary/aromatic N) is 1. The molecule has 1 aliphatic rings. The van der Waals surface area contributed by atoms with Crippen molar-refractivity contribution < 1.29 is 18.7 Å². The van der Waals surface area contributed by atoms with Gasteiger partial charge < -0.3 is 13.9 Å². The molecule has 0 saturated heterocycles. The molecule has 0 aliphatic carbocycles. The quantitative estimate of drug-likeness (QED) is 0.267. The summed E-state index contributed by atoms with van der Waals surface area (Å²) in [4.78, 5) is 29.2. The van der Waals surface area contributed by atoms with E-state index in [0.717, 1.165) is 11.1 Å². The Morgan fingerprint density at radius 1 is 0.842 bits per heavy atom. The van der Waals surface area contributed by atoms with Crippen LogP contribution < -0.4 is 19.8 Å². The summed E-state index contributed by atoms with van der Waals surface area (Å²) in [6.45, 7) is 2.37. The van der Waals surface area contributed by atoms with Crippen molar-refractivity contribution in [3.63, 3.8) is 0 Å². The Morgan fingerprint density at radius 3 is 2.34 bits per heavy atom. The highest BCUT2D eigenvalue weighted by Crippen LogP contribution is 2.43. The normalized spacial score (nSPS) is 14.5. The summed E-state index contributed by atoms with van der Waals surface area (Å²) in [7, 11) is 1.57. The third-order valence-electron chi connectivity index (χ3n) is 6.83. The second-order valence-corrected chi connectivity index (χ2v) is 9.27. The highest BCUT2D eigenvalue weighted by atomic mass is 16.5. The fourth-order valence-corrected chi connectivity index (χ4v) is 4.92. The number of aryl methyl sites for hydroxylation is 1. The molecule has 4 aromatic carbocycles. The Kier molecular flexibility index (Phi) is 5.92. The van der Waals surface area contributed by atoms with Gasteiger partial charge in [-0.05, 0) is 54.4 Å². The van der Waals surface area contributed by atoms with E-state index in [9.17, 15) is 9.59 Å². The van der Waals surface area contributed by atoms with E-state index in [4.69, 9.17) is 13.9 Å². The molecule has 6 nitrogen and oxygen atoms in total. The molecule has 1 aliphatic heterocycles. The van der Waals surface area contributed by atoms with Gasteiger partial charge >= 0.3 is 0 Å². The Morgan fingerprint density at radius 2 is 1.58 bits per heavy atom. The minimum Gasteiger partial charge on any atom is -0.493 e. The smallest absolute Gasteiger partial charge is 0.295 e. The van der Waals surface area contributed by atoms with E-state index in [1.165, 1.54) is 0 Å². The second kappa shape index (κ2) is 9.56. The van der Waals surface area contributed by atoms with E-state index >= 15 is 0 Å². The number of para-hydroxylation sites is 1. The van der Waals surface area contributed by atoms with Crippen LogP contribution in [0, 0.1) is 6.92 Å². The van der Waals surface area contributed by atoms with E-state index in [0.29, 0.717) is 45.9 Å². The van der Waals surface area contributed by atoms with Gasteiger partial charge in [0, 0.05) is 5.69 Å².